The number of fused-ring (bicyclic) bond motifs is 3. The van der Waals surface area contributed by atoms with E-state index in [0.717, 1.165) is 43.2 Å². The van der Waals surface area contributed by atoms with Gasteiger partial charge in [0.1, 0.15) is 17.9 Å². The summed E-state index contributed by atoms with van der Waals surface area (Å²) in [4.78, 5) is 41.9. The van der Waals surface area contributed by atoms with Crippen molar-refractivity contribution in [1.29, 1.82) is 0 Å². The lowest BCUT2D eigenvalue weighted by Gasteiger charge is -2.50. The summed E-state index contributed by atoms with van der Waals surface area (Å²) in [6.07, 6.45) is 8.34. The van der Waals surface area contributed by atoms with E-state index in [1.54, 1.807) is 46.1 Å². The highest BCUT2D eigenvalue weighted by Gasteiger charge is 2.49. The standard InChI is InChI=1S/C39H52ClN3O8S/c1-25-10-9-18-39(50-6,22-35(44)41-38(3,4)37(46)49-5)32-16-13-29(32)23-43-19-8-7-11-27-20-31(40)15-12-30(27)24-51-34-17-14-28(21-33(34)43)36(45)42-52(47,48)26(25)2/h9,12,14-15,17-18,20-21,25-26,29,32H,7-8,10-11,13,16,19,22-24H2,1-6H3,(H,41,44)(H,42,45)/b18-9+/t25-,26+,29-,32+,39+/m0/s1. The minimum Gasteiger partial charge on any atom is -0.487 e. The molecule has 1 aliphatic carbocycles. The van der Waals surface area contributed by atoms with Gasteiger partial charge in [0.05, 0.1) is 30.1 Å². The van der Waals surface area contributed by atoms with Gasteiger partial charge in [0.15, 0.2) is 0 Å². The number of aryl methyl sites for hydroxylation is 1. The lowest BCUT2D eigenvalue weighted by Crippen LogP contribution is -2.56. The minimum absolute atomic E-state index is 0.0510. The van der Waals surface area contributed by atoms with Crippen molar-refractivity contribution >= 4 is 45.1 Å². The van der Waals surface area contributed by atoms with Gasteiger partial charge in [-0.1, -0.05) is 36.7 Å². The number of sulfonamides is 1. The highest BCUT2D eigenvalue weighted by Crippen LogP contribution is 2.48. The molecule has 0 saturated heterocycles. The lowest BCUT2D eigenvalue weighted by molar-refractivity contribution is -0.151. The molecule has 2 aliphatic heterocycles. The van der Waals surface area contributed by atoms with E-state index in [1.807, 2.05) is 37.3 Å². The molecule has 3 aliphatic rings. The Morgan fingerprint density at radius 1 is 1.10 bits per heavy atom. The van der Waals surface area contributed by atoms with Crippen molar-refractivity contribution in [3.63, 3.8) is 0 Å². The predicted molar refractivity (Wildman–Crippen MR) is 201 cm³/mol. The van der Waals surface area contributed by atoms with Gasteiger partial charge in [-0.15, -0.1) is 0 Å². The molecule has 0 aromatic heterocycles. The molecular weight excluding hydrogens is 706 g/mol. The maximum absolute atomic E-state index is 13.7. The van der Waals surface area contributed by atoms with Crippen molar-refractivity contribution < 1.29 is 37.0 Å². The molecule has 2 N–H and O–H groups in total. The largest absolute Gasteiger partial charge is 0.487 e. The number of methoxy groups -OCH3 is 2. The Kier molecular flexibility index (Phi) is 12.3. The highest BCUT2D eigenvalue weighted by atomic mass is 35.5. The topological polar surface area (TPSA) is 140 Å². The first kappa shape index (κ1) is 39.6. The molecule has 11 nitrogen and oxygen atoms in total. The number of carbonyl (C=O) groups is 3. The fraction of sp³-hybridized carbons (Fsp3) is 0.564. The van der Waals surface area contributed by atoms with Crippen molar-refractivity contribution in [2.45, 2.75) is 95.6 Å². The molecule has 52 heavy (non-hydrogen) atoms. The molecule has 2 aromatic rings. The quantitative estimate of drug-likeness (QED) is 0.279. The van der Waals surface area contributed by atoms with Crippen molar-refractivity contribution in [2.75, 3.05) is 32.2 Å². The average Bonchev–Trinajstić information content (AvgIpc) is 3.11. The number of hydrogen-bond donors (Lipinski definition) is 2. The lowest BCUT2D eigenvalue weighted by atomic mass is 9.63. The Bertz CT molecular complexity index is 1800. The number of nitrogens with zero attached hydrogens (tertiary/aromatic N) is 1. The van der Waals surface area contributed by atoms with E-state index < -0.39 is 38.3 Å². The second-order valence-electron chi connectivity index (χ2n) is 15.0. The predicted octanol–water partition coefficient (Wildman–Crippen LogP) is 5.98. The molecule has 2 bridgehead atoms. The van der Waals surface area contributed by atoms with Crippen LogP contribution in [0.5, 0.6) is 5.75 Å². The van der Waals surface area contributed by atoms with Crippen LogP contribution in [0.15, 0.2) is 48.6 Å². The van der Waals surface area contributed by atoms with Gasteiger partial charge in [-0.2, -0.15) is 0 Å². The second-order valence-corrected chi connectivity index (χ2v) is 17.5. The molecule has 5 atom stereocenters. The number of anilines is 1. The van der Waals surface area contributed by atoms with E-state index in [2.05, 4.69) is 14.9 Å². The first-order valence-electron chi connectivity index (χ1n) is 18.1. The van der Waals surface area contributed by atoms with E-state index in [4.69, 9.17) is 25.8 Å². The van der Waals surface area contributed by atoms with Gasteiger partial charge >= 0.3 is 5.97 Å². The van der Waals surface area contributed by atoms with Crippen LogP contribution >= 0.6 is 11.6 Å². The fourth-order valence-corrected chi connectivity index (χ4v) is 9.09. The maximum atomic E-state index is 13.7. The highest BCUT2D eigenvalue weighted by molar-refractivity contribution is 7.90. The molecule has 284 valence electrons. The average molecular weight is 758 g/mol. The summed E-state index contributed by atoms with van der Waals surface area (Å²) in [6, 6.07) is 10.9. The number of esters is 1. The van der Waals surface area contributed by atoms with Crippen molar-refractivity contribution in [2.24, 2.45) is 17.8 Å². The van der Waals surface area contributed by atoms with Gasteiger partial charge in [0, 0.05) is 30.8 Å². The summed E-state index contributed by atoms with van der Waals surface area (Å²) in [5.74, 6) is -1.41. The summed E-state index contributed by atoms with van der Waals surface area (Å²) >= 11 is 6.36. The van der Waals surface area contributed by atoms with E-state index in [9.17, 15) is 22.8 Å². The number of carbonyl (C=O) groups excluding carboxylic acids is 3. The van der Waals surface area contributed by atoms with Gasteiger partial charge < -0.3 is 24.4 Å². The Hall–Kier alpha value is -3.61. The first-order valence-corrected chi connectivity index (χ1v) is 20.0. The van der Waals surface area contributed by atoms with Gasteiger partial charge in [-0.25, -0.2) is 17.9 Å². The number of benzene rings is 2. The molecule has 1 fully saturated rings. The third-order valence-corrected chi connectivity index (χ3v) is 13.3. The Morgan fingerprint density at radius 3 is 2.56 bits per heavy atom. The van der Waals surface area contributed by atoms with Crippen LogP contribution in [0.1, 0.15) is 87.7 Å². The van der Waals surface area contributed by atoms with Crippen molar-refractivity contribution in [3.05, 3.63) is 70.3 Å². The summed E-state index contributed by atoms with van der Waals surface area (Å²) in [5.41, 5.74) is 0.768. The first-order chi connectivity index (χ1) is 24.6. The zero-order valence-electron chi connectivity index (χ0n) is 31.0. The number of ether oxygens (including phenoxy) is 3. The van der Waals surface area contributed by atoms with Crippen LogP contribution < -0.4 is 19.7 Å². The minimum atomic E-state index is -4.06. The van der Waals surface area contributed by atoms with Crippen LogP contribution in [0, 0.1) is 17.8 Å². The van der Waals surface area contributed by atoms with E-state index in [0.29, 0.717) is 42.6 Å². The molecule has 0 radical (unpaired) electrons. The number of rotatable bonds is 5. The van der Waals surface area contributed by atoms with Crippen LogP contribution in [0.3, 0.4) is 0 Å². The van der Waals surface area contributed by atoms with Crippen LogP contribution in [0.2, 0.25) is 5.02 Å². The van der Waals surface area contributed by atoms with E-state index in [1.165, 1.54) is 7.11 Å². The van der Waals surface area contributed by atoms with Crippen LogP contribution in [0.25, 0.3) is 0 Å². The van der Waals surface area contributed by atoms with Crippen molar-refractivity contribution in [3.8, 4) is 5.75 Å². The van der Waals surface area contributed by atoms with Crippen LogP contribution in [-0.4, -0.2) is 69.9 Å². The third-order valence-electron chi connectivity index (χ3n) is 11.1. The van der Waals surface area contributed by atoms with Gasteiger partial charge in [-0.3, -0.25) is 9.59 Å². The number of hydrogen-bond acceptors (Lipinski definition) is 9. The van der Waals surface area contributed by atoms with Crippen LogP contribution in [0.4, 0.5) is 5.69 Å². The molecule has 5 rings (SSSR count). The molecule has 2 aromatic carbocycles. The molecule has 0 spiro atoms. The van der Waals surface area contributed by atoms with Gasteiger partial charge in [0.25, 0.3) is 5.91 Å². The fourth-order valence-electron chi connectivity index (χ4n) is 7.61. The van der Waals surface area contributed by atoms with Gasteiger partial charge in [-0.05, 0) is 119 Å². The molecule has 13 heteroatoms. The Labute approximate surface area is 312 Å². The second kappa shape index (κ2) is 16.2. The normalized spacial score (nSPS) is 27.2. The smallest absolute Gasteiger partial charge is 0.330 e. The van der Waals surface area contributed by atoms with Crippen molar-refractivity contribution in [1.82, 2.24) is 10.0 Å². The SMILES string of the molecule is COC(=O)C(C)(C)NC(=O)C[C@]1(OC)/C=C/C[C@H](C)[C@@H](C)S(=O)(=O)NC(=O)c2ccc3c(c2)N(CCCCc2cc(Cl)ccc2CO3)C[C@@H]2CC[C@H]21. The van der Waals surface area contributed by atoms with E-state index >= 15 is 0 Å². The molecular formula is C39H52ClN3O8S. The van der Waals surface area contributed by atoms with E-state index in [-0.39, 0.29) is 35.6 Å². The molecule has 0 unspecified atom stereocenters. The summed E-state index contributed by atoms with van der Waals surface area (Å²) in [6.45, 7) is 8.12. The van der Waals surface area contributed by atoms with Crippen LogP contribution in [-0.2, 0) is 42.1 Å². The Balaban J connectivity index is 1.57. The summed E-state index contributed by atoms with van der Waals surface area (Å²) < 4.78 is 47.0. The van der Waals surface area contributed by atoms with Gasteiger partial charge in [0.2, 0.25) is 15.9 Å². The monoisotopic (exact) mass is 757 g/mol. The molecule has 1 saturated carbocycles. The summed E-state index contributed by atoms with van der Waals surface area (Å²) in [5, 5.41) is 2.59. The third kappa shape index (κ3) is 8.77. The number of halogens is 1. The number of amides is 2. The molecule has 2 amide bonds. The summed E-state index contributed by atoms with van der Waals surface area (Å²) in [7, 11) is -1.19. The molecule has 2 heterocycles. The zero-order chi connectivity index (χ0) is 37.8. The number of nitrogens with one attached hydrogen (secondary N) is 2. The number of allylic oxidation sites excluding steroid dienone is 1. The Morgan fingerprint density at radius 2 is 1.87 bits per heavy atom. The maximum Gasteiger partial charge on any atom is 0.330 e. The zero-order valence-corrected chi connectivity index (χ0v) is 32.6.